The lowest BCUT2D eigenvalue weighted by Crippen LogP contribution is -2.30. The molecule has 1 aliphatic heterocycles. The fourth-order valence-electron chi connectivity index (χ4n) is 2.91. The molecule has 2 heterocycles. The molecular weight excluding hydrogens is 439 g/mol. The van der Waals surface area contributed by atoms with Crippen molar-refractivity contribution in [3.63, 3.8) is 0 Å². The van der Waals surface area contributed by atoms with Crippen molar-refractivity contribution in [1.82, 2.24) is 9.88 Å². The number of amides is 1. The molecule has 1 fully saturated rings. The Balaban J connectivity index is 1.90. The highest BCUT2D eigenvalue weighted by molar-refractivity contribution is 14.1. The van der Waals surface area contributed by atoms with Crippen LogP contribution in [-0.4, -0.2) is 35.4 Å². The van der Waals surface area contributed by atoms with Crippen molar-refractivity contribution in [3.05, 3.63) is 49.0 Å². The number of benzene rings is 1. The van der Waals surface area contributed by atoms with Crippen LogP contribution >= 0.6 is 33.9 Å². The summed E-state index contributed by atoms with van der Waals surface area (Å²) in [5, 5.41) is 2.99. The van der Waals surface area contributed by atoms with E-state index in [0.717, 1.165) is 27.1 Å². The number of nitrogens with zero attached hydrogens (tertiary/aromatic N) is 2. The standard InChI is InChI=1S/C17H17IN2O3S/c1-10-9-24-15(19-10)14-4-3-5-20(14)16(21)11-6-12(17(22)23-2)8-13(18)7-11/h6-9,14H,3-5H2,1-2H3/t14-/m1/s1. The highest BCUT2D eigenvalue weighted by atomic mass is 127. The minimum absolute atomic E-state index is 0.0237. The Morgan fingerprint density at radius 1 is 1.33 bits per heavy atom. The third-order valence-electron chi connectivity index (χ3n) is 4.00. The summed E-state index contributed by atoms with van der Waals surface area (Å²) in [4.78, 5) is 31.2. The summed E-state index contributed by atoms with van der Waals surface area (Å²) >= 11 is 3.71. The van der Waals surface area contributed by atoms with Gasteiger partial charge in [0.05, 0.1) is 18.7 Å². The molecule has 0 spiro atoms. The van der Waals surface area contributed by atoms with E-state index in [1.54, 1.807) is 29.5 Å². The molecule has 2 aromatic rings. The topological polar surface area (TPSA) is 59.5 Å². The number of hydrogen-bond acceptors (Lipinski definition) is 5. The number of ether oxygens (including phenoxy) is 1. The number of esters is 1. The average molecular weight is 456 g/mol. The minimum Gasteiger partial charge on any atom is -0.465 e. The molecule has 1 aromatic heterocycles. The second kappa shape index (κ2) is 7.18. The molecule has 1 amide bonds. The van der Waals surface area contributed by atoms with Gasteiger partial charge in [0.2, 0.25) is 0 Å². The number of methoxy groups -OCH3 is 1. The maximum atomic E-state index is 13.0. The van der Waals surface area contributed by atoms with E-state index in [2.05, 4.69) is 27.6 Å². The molecule has 1 aromatic carbocycles. The lowest BCUT2D eigenvalue weighted by atomic mass is 10.1. The molecule has 0 saturated carbocycles. The van der Waals surface area contributed by atoms with Crippen molar-refractivity contribution in [2.45, 2.75) is 25.8 Å². The van der Waals surface area contributed by atoms with Gasteiger partial charge in [0.15, 0.2) is 0 Å². The van der Waals surface area contributed by atoms with E-state index in [9.17, 15) is 9.59 Å². The largest absolute Gasteiger partial charge is 0.465 e. The summed E-state index contributed by atoms with van der Waals surface area (Å²) in [6.07, 6.45) is 1.88. The molecule has 0 aliphatic carbocycles. The van der Waals surface area contributed by atoms with Gasteiger partial charge in [-0.15, -0.1) is 11.3 Å². The van der Waals surface area contributed by atoms with Crippen LogP contribution in [0.15, 0.2) is 23.6 Å². The molecule has 7 heteroatoms. The molecule has 0 unspecified atom stereocenters. The lowest BCUT2D eigenvalue weighted by molar-refractivity contribution is 0.0600. The normalized spacial score (nSPS) is 17.1. The first-order valence-corrected chi connectivity index (χ1v) is 9.57. The second-order valence-corrected chi connectivity index (χ2v) is 7.84. The summed E-state index contributed by atoms with van der Waals surface area (Å²) in [7, 11) is 1.34. The van der Waals surface area contributed by atoms with Gasteiger partial charge in [0.25, 0.3) is 5.91 Å². The number of rotatable bonds is 3. The maximum Gasteiger partial charge on any atom is 0.337 e. The summed E-state index contributed by atoms with van der Waals surface area (Å²) in [5.41, 5.74) is 1.90. The molecule has 0 N–H and O–H groups in total. The quantitative estimate of drug-likeness (QED) is 0.521. The third-order valence-corrected chi connectivity index (χ3v) is 5.69. The zero-order valence-corrected chi connectivity index (χ0v) is 16.4. The fourth-order valence-corrected chi connectivity index (χ4v) is 4.52. The molecule has 0 bridgehead atoms. The first-order valence-electron chi connectivity index (χ1n) is 7.61. The minimum atomic E-state index is -0.434. The van der Waals surface area contributed by atoms with Crippen LogP contribution in [0.25, 0.3) is 0 Å². The van der Waals surface area contributed by atoms with Crippen LogP contribution in [0.1, 0.15) is 50.3 Å². The van der Waals surface area contributed by atoms with Gasteiger partial charge in [0, 0.05) is 26.8 Å². The maximum absolute atomic E-state index is 13.0. The zero-order chi connectivity index (χ0) is 17.3. The smallest absolute Gasteiger partial charge is 0.337 e. The number of carbonyl (C=O) groups is 2. The lowest BCUT2D eigenvalue weighted by Gasteiger charge is -2.23. The second-order valence-electron chi connectivity index (χ2n) is 5.70. The molecule has 5 nitrogen and oxygen atoms in total. The van der Waals surface area contributed by atoms with Crippen molar-refractivity contribution < 1.29 is 14.3 Å². The van der Waals surface area contributed by atoms with Crippen molar-refractivity contribution in [3.8, 4) is 0 Å². The van der Waals surface area contributed by atoms with E-state index in [1.165, 1.54) is 7.11 Å². The van der Waals surface area contributed by atoms with Crippen LogP contribution in [0.4, 0.5) is 0 Å². The van der Waals surface area contributed by atoms with Crippen molar-refractivity contribution >= 4 is 45.8 Å². The zero-order valence-electron chi connectivity index (χ0n) is 13.4. The van der Waals surface area contributed by atoms with E-state index in [1.807, 2.05) is 17.2 Å². The Morgan fingerprint density at radius 3 is 2.75 bits per heavy atom. The van der Waals surface area contributed by atoms with E-state index < -0.39 is 5.97 Å². The van der Waals surface area contributed by atoms with Gasteiger partial charge >= 0.3 is 5.97 Å². The molecule has 1 aliphatic rings. The predicted octanol–water partition coefficient (Wildman–Crippen LogP) is 3.82. The Hall–Kier alpha value is -1.48. The predicted molar refractivity (Wildman–Crippen MR) is 100 cm³/mol. The Kier molecular flexibility index (Phi) is 5.19. The number of halogens is 1. The van der Waals surface area contributed by atoms with E-state index in [4.69, 9.17) is 4.74 Å². The number of hydrogen-bond donors (Lipinski definition) is 0. The molecule has 3 rings (SSSR count). The SMILES string of the molecule is COC(=O)c1cc(I)cc(C(=O)N2CCC[C@@H]2c2nc(C)cs2)c1. The Morgan fingerprint density at radius 2 is 2.08 bits per heavy atom. The highest BCUT2D eigenvalue weighted by Crippen LogP contribution is 2.35. The van der Waals surface area contributed by atoms with Crippen molar-refractivity contribution in [2.75, 3.05) is 13.7 Å². The van der Waals surface area contributed by atoms with Crippen LogP contribution in [-0.2, 0) is 4.74 Å². The number of likely N-dealkylation sites (tertiary alicyclic amines) is 1. The molecule has 24 heavy (non-hydrogen) atoms. The highest BCUT2D eigenvalue weighted by Gasteiger charge is 2.32. The summed E-state index contributed by atoms with van der Waals surface area (Å²) in [5.74, 6) is -0.495. The first kappa shape index (κ1) is 17.3. The van der Waals surface area contributed by atoms with E-state index in [-0.39, 0.29) is 11.9 Å². The first-order chi connectivity index (χ1) is 11.5. The Bertz CT molecular complexity index is 790. The summed E-state index contributed by atoms with van der Waals surface area (Å²) < 4.78 is 5.60. The molecule has 0 radical (unpaired) electrons. The molecule has 126 valence electrons. The number of thiazole rings is 1. The summed E-state index contributed by atoms with van der Waals surface area (Å²) in [6, 6.07) is 5.15. The van der Waals surface area contributed by atoms with Crippen molar-refractivity contribution in [1.29, 1.82) is 0 Å². The van der Waals surface area contributed by atoms with Gasteiger partial charge in [-0.2, -0.15) is 0 Å². The van der Waals surface area contributed by atoms with Crippen LogP contribution in [0.5, 0.6) is 0 Å². The molecule has 1 saturated heterocycles. The Labute approximate surface area is 158 Å². The van der Waals surface area contributed by atoms with Crippen LogP contribution < -0.4 is 0 Å². The van der Waals surface area contributed by atoms with Gasteiger partial charge in [-0.25, -0.2) is 9.78 Å². The summed E-state index contributed by atoms with van der Waals surface area (Å²) in [6.45, 7) is 2.67. The van der Waals surface area contributed by atoms with Gasteiger partial charge in [0.1, 0.15) is 5.01 Å². The third kappa shape index (κ3) is 3.46. The van der Waals surface area contributed by atoms with Gasteiger partial charge in [-0.05, 0) is 60.6 Å². The number of carbonyl (C=O) groups excluding carboxylic acids is 2. The fraction of sp³-hybridized carbons (Fsp3) is 0.353. The van der Waals surface area contributed by atoms with E-state index in [0.29, 0.717) is 17.7 Å². The number of aromatic nitrogens is 1. The molecular formula is C17H17IN2O3S. The van der Waals surface area contributed by atoms with Gasteiger partial charge < -0.3 is 9.64 Å². The molecule has 1 atom stereocenters. The van der Waals surface area contributed by atoms with Gasteiger partial charge in [-0.3, -0.25) is 4.79 Å². The average Bonchev–Trinajstić information content (AvgIpc) is 3.21. The van der Waals surface area contributed by atoms with Crippen molar-refractivity contribution in [2.24, 2.45) is 0 Å². The van der Waals surface area contributed by atoms with Crippen LogP contribution in [0.2, 0.25) is 0 Å². The number of aryl methyl sites for hydroxylation is 1. The van der Waals surface area contributed by atoms with E-state index >= 15 is 0 Å². The van der Waals surface area contributed by atoms with Gasteiger partial charge in [-0.1, -0.05) is 0 Å². The van der Waals surface area contributed by atoms with Crippen LogP contribution in [0, 0.1) is 10.5 Å². The van der Waals surface area contributed by atoms with Crippen LogP contribution in [0.3, 0.4) is 0 Å². The monoisotopic (exact) mass is 456 g/mol.